The van der Waals surface area contributed by atoms with Gasteiger partial charge in [-0.05, 0) is 31.0 Å². The molecule has 0 radical (unpaired) electrons. The van der Waals surface area contributed by atoms with E-state index in [0.717, 1.165) is 4.31 Å². The Kier molecular flexibility index (Phi) is 9.25. The molecule has 1 aromatic rings. The Morgan fingerprint density at radius 1 is 1.17 bits per heavy atom. The van der Waals surface area contributed by atoms with Crippen molar-refractivity contribution in [1.29, 1.82) is 0 Å². The van der Waals surface area contributed by atoms with Crippen LogP contribution in [-0.2, 0) is 24.3 Å². The number of nitrogens with zero attached hydrogens (tertiary/aromatic N) is 1. The van der Waals surface area contributed by atoms with Crippen molar-refractivity contribution in [3.05, 3.63) is 29.8 Å². The minimum atomic E-state index is -3.68. The lowest BCUT2D eigenvalue weighted by atomic mass is 9.99. The monoisotopic (exact) mass is 427 g/mol. The molecule has 0 aliphatic heterocycles. The van der Waals surface area contributed by atoms with E-state index in [1.165, 1.54) is 38.4 Å². The molecule has 10 heteroatoms. The molecule has 29 heavy (non-hydrogen) atoms. The molecular weight excluding hydrogens is 398 g/mol. The van der Waals surface area contributed by atoms with Crippen molar-refractivity contribution in [2.24, 2.45) is 5.92 Å². The first-order valence-electron chi connectivity index (χ1n) is 9.31. The Hall–Kier alpha value is -2.46. The van der Waals surface area contributed by atoms with Gasteiger partial charge in [-0.1, -0.05) is 26.3 Å². The lowest BCUT2D eigenvalue weighted by Gasteiger charge is -2.22. The fourth-order valence-electron chi connectivity index (χ4n) is 2.40. The fourth-order valence-corrected chi connectivity index (χ4v) is 3.35. The molecule has 0 aromatic heterocycles. The van der Waals surface area contributed by atoms with Gasteiger partial charge in [0.2, 0.25) is 15.9 Å². The van der Waals surface area contributed by atoms with E-state index in [2.05, 4.69) is 10.6 Å². The van der Waals surface area contributed by atoms with Gasteiger partial charge in [-0.15, -0.1) is 0 Å². The summed E-state index contributed by atoms with van der Waals surface area (Å²) in [7, 11) is -0.900. The summed E-state index contributed by atoms with van der Waals surface area (Å²) >= 11 is 0. The maximum Gasteiger partial charge on any atom is 0.328 e. The van der Waals surface area contributed by atoms with Crippen molar-refractivity contribution in [1.82, 2.24) is 14.9 Å². The molecule has 0 unspecified atom stereocenters. The van der Waals surface area contributed by atoms with Gasteiger partial charge in [-0.3, -0.25) is 9.59 Å². The van der Waals surface area contributed by atoms with Gasteiger partial charge < -0.3 is 15.4 Å². The summed E-state index contributed by atoms with van der Waals surface area (Å²) in [6.07, 6.45) is 0.656. The van der Waals surface area contributed by atoms with E-state index in [4.69, 9.17) is 4.74 Å². The van der Waals surface area contributed by atoms with Crippen LogP contribution in [0.4, 0.5) is 0 Å². The third-order valence-corrected chi connectivity index (χ3v) is 6.17. The maximum absolute atomic E-state index is 12.3. The maximum atomic E-state index is 12.3. The van der Waals surface area contributed by atoms with E-state index in [1.54, 1.807) is 6.92 Å². The highest BCUT2D eigenvalue weighted by molar-refractivity contribution is 7.89. The van der Waals surface area contributed by atoms with Gasteiger partial charge in [0.25, 0.3) is 5.91 Å². The van der Waals surface area contributed by atoms with Crippen molar-refractivity contribution in [2.75, 3.05) is 27.2 Å². The molecule has 0 aliphatic rings. The molecular formula is C19H29N3O6S. The summed E-state index contributed by atoms with van der Waals surface area (Å²) in [5.74, 6) is -1.81. The zero-order chi connectivity index (χ0) is 22.2. The zero-order valence-electron chi connectivity index (χ0n) is 17.4. The fraction of sp³-hybridized carbons (Fsp3) is 0.526. The molecule has 1 rings (SSSR count). The number of nitrogens with one attached hydrogen (secondary N) is 2. The van der Waals surface area contributed by atoms with Crippen LogP contribution in [0.5, 0.6) is 0 Å². The first kappa shape index (κ1) is 24.6. The zero-order valence-corrected chi connectivity index (χ0v) is 18.2. The van der Waals surface area contributed by atoms with Gasteiger partial charge >= 0.3 is 5.97 Å². The first-order chi connectivity index (χ1) is 13.5. The van der Waals surface area contributed by atoms with Gasteiger partial charge in [-0.25, -0.2) is 17.5 Å². The molecule has 0 aliphatic carbocycles. The van der Waals surface area contributed by atoms with Crippen LogP contribution < -0.4 is 10.6 Å². The summed E-state index contributed by atoms with van der Waals surface area (Å²) in [5, 5.41) is 5.01. The predicted molar refractivity (Wildman–Crippen MR) is 108 cm³/mol. The van der Waals surface area contributed by atoms with Gasteiger partial charge in [0.15, 0.2) is 0 Å². The number of carbonyl (C=O) groups is 3. The smallest absolute Gasteiger partial charge is 0.328 e. The van der Waals surface area contributed by atoms with Crippen LogP contribution in [0.2, 0.25) is 0 Å². The van der Waals surface area contributed by atoms with E-state index >= 15 is 0 Å². The number of sulfonamides is 1. The highest BCUT2D eigenvalue weighted by Gasteiger charge is 2.27. The molecule has 0 fully saturated rings. The second-order valence-electron chi connectivity index (χ2n) is 6.68. The molecule has 0 heterocycles. The number of ether oxygens (including phenoxy) is 1. The van der Waals surface area contributed by atoms with Gasteiger partial charge in [0, 0.05) is 19.7 Å². The largest absolute Gasteiger partial charge is 0.464 e. The lowest BCUT2D eigenvalue weighted by molar-refractivity contribution is -0.148. The molecule has 0 saturated heterocycles. The second-order valence-corrected chi connectivity index (χ2v) is 8.83. The highest BCUT2D eigenvalue weighted by Crippen LogP contribution is 2.15. The van der Waals surface area contributed by atoms with Crippen LogP contribution in [0.25, 0.3) is 0 Å². The minimum absolute atomic E-state index is 0.0289. The number of amides is 2. The van der Waals surface area contributed by atoms with Crippen molar-refractivity contribution >= 4 is 27.8 Å². The third kappa shape index (κ3) is 6.82. The molecule has 9 nitrogen and oxygen atoms in total. The standard InChI is InChI=1S/C19H29N3O6S/c1-6-13(3)17(19(25)28-7-2)21-16(23)12-20-18(24)14-9-8-10-15(11-14)29(26,27)22(4)5/h8-11,13,17H,6-7,12H2,1-5H3,(H,20,24)(H,21,23)/t13-,17+/m0/s1. The molecule has 2 atom stereocenters. The molecule has 2 N–H and O–H groups in total. The van der Waals surface area contributed by atoms with Crippen LogP contribution in [0.1, 0.15) is 37.6 Å². The quantitative estimate of drug-likeness (QED) is 0.532. The average Bonchev–Trinajstić information content (AvgIpc) is 2.69. The Morgan fingerprint density at radius 3 is 2.38 bits per heavy atom. The number of hydrogen-bond acceptors (Lipinski definition) is 6. The average molecular weight is 428 g/mol. The Morgan fingerprint density at radius 2 is 1.83 bits per heavy atom. The van der Waals surface area contributed by atoms with Crippen LogP contribution in [0.3, 0.4) is 0 Å². The summed E-state index contributed by atoms with van der Waals surface area (Å²) in [6.45, 7) is 5.22. The van der Waals surface area contributed by atoms with Gasteiger partial charge in [0.1, 0.15) is 6.04 Å². The van der Waals surface area contributed by atoms with E-state index < -0.39 is 33.8 Å². The van der Waals surface area contributed by atoms with Crippen molar-refractivity contribution < 1.29 is 27.5 Å². The summed E-state index contributed by atoms with van der Waals surface area (Å²) < 4.78 is 30.4. The Bertz CT molecular complexity index is 838. The van der Waals surface area contributed by atoms with Crippen molar-refractivity contribution in [3.63, 3.8) is 0 Å². The highest BCUT2D eigenvalue weighted by atomic mass is 32.2. The van der Waals surface area contributed by atoms with Crippen molar-refractivity contribution in [2.45, 2.75) is 38.1 Å². The molecule has 0 saturated carbocycles. The van der Waals surface area contributed by atoms with Crippen LogP contribution in [-0.4, -0.2) is 63.8 Å². The third-order valence-electron chi connectivity index (χ3n) is 4.35. The van der Waals surface area contributed by atoms with E-state index in [1.807, 2.05) is 13.8 Å². The SMILES string of the molecule is CCOC(=O)[C@H](NC(=O)CNC(=O)c1cccc(S(=O)(=O)N(C)C)c1)[C@@H](C)CC. The van der Waals surface area contributed by atoms with Crippen LogP contribution in [0.15, 0.2) is 29.2 Å². The topological polar surface area (TPSA) is 122 Å². The molecule has 0 bridgehead atoms. The number of carbonyl (C=O) groups excluding carboxylic acids is 3. The predicted octanol–water partition coefficient (Wildman–Crippen LogP) is 0.761. The number of hydrogen-bond donors (Lipinski definition) is 2. The molecule has 1 aromatic carbocycles. The lowest BCUT2D eigenvalue weighted by Crippen LogP contribution is -2.49. The molecule has 2 amide bonds. The minimum Gasteiger partial charge on any atom is -0.464 e. The Balaban J connectivity index is 2.79. The van der Waals surface area contributed by atoms with Crippen LogP contribution in [0, 0.1) is 5.92 Å². The first-order valence-corrected chi connectivity index (χ1v) is 10.7. The summed E-state index contributed by atoms with van der Waals surface area (Å²) in [4.78, 5) is 36.5. The molecule has 0 spiro atoms. The second kappa shape index (κ2) is 10.9. The normalized spacial score (nSPS) is 13.4. The van der Waals surface area contributed by atoms with E-state index in [9.17, 15) is 22.8 Å². The van der Waals surface area contributed by atoms with E-state index in [-0.39, 0.29) is 29.5 Å². The van der Waals surface area contributed by atoms with Crippen LogP contribution >= 0.6 is 0 Å². The number of benzene rings is 1. The van der Waals surface area contributed by atoms with Gasteiger partial charge in [0.05, 0.1) is 18.0 Å². The number of rotatable bonds is 10. The Labute approximate surface area is 171 Å². The number of esters is 1. The summed E-state index contributed by atoms with van der Waals surface area (Å²) in [6, 6.07) is 4.71. The summed E-state index contributed by atoms with van der Waals surface area (Å²) in [5.41, 5.74) is 0.101. The van der Waals surface area contributed by atoms with Gasteiger partial charge in [-0.2, -0.15) is 0 Å². The van der Waals surface area contributed by atoms with E-state index in [0.29, 0.717) is 6.42 Å². The van der Waals surface area contributed by atoms with Crippen molar-refractivity contribution in [3.8, 4) is 0 Å². The molecule has 162 valence electrons.